The maximum absolute atomic E-state index is 5.99. The number of hydrogen-bond donors (Lipinski definition) is 2. The summed E-state index contributed by atoms with van der Waals surface area (Å²) in [4.78, 5) is 15.8. The lowest BCUT2D eigenvalue weighted by molar-refractivity contribution is 0.122. The first-order valence-corrected chi connectivity index (χ1v) is 11.7. The molecule has 0 atom stereocenters. The van der Waals surface area contributed by atoms with Crippen LogP contribution in [-0.4, -0.2) is 70.2 Å². The largest absolute Gasteiger partial charge is 0.476 e. The van der Waals surface area contributed by atoms with Crippen LogP contribution in [0.1, 0.15) is 30.2 Å². The molecule has 0 bridgehead atoms. The van der Waals surface area contributed by atoms with Crippen molar-refractivity contribution in [2.45, 2.75) is 26.8 Å². The van der Waals surface area contributed by atoms with Gasteiger partial charge in [-0.05, 0) is 25.0 Å². The average molecular weight is 453 g/mol. The number of nitrogens with zero attached hydrogens (tertiary/aromatic N) is 4. The highest BCUT2D eigenvalue weighted by molar-refractivity contribution is 5.80. The monoisotopic (exact) mass is 452 g/mol. The zero-order chi connectivity index (χ0) is 23.3. The Hall–Kier alpha value is -3.13. The molecule has 0 radical (unpaired) electrons. The number of rotatable bonds is 10. The molecule has 1 aromatic carbocycles. The molecule has 33 heavy (non-hydrogen) atoms. The van der Waals surface area contributed by atoms with Crippen molar-refractivity contribution in [3.05, 3.63) is 53.2 Å². The zero-order valence-corrected chi connectivity index (χ0v) is 20.0. The highest BCUT2D eigenvalue weighted by atomic mass is 16.5. The van der Waals surface area contributed by atoms with Gasteiger partial charge in [-0.25, -0.2) is 4.98 Å². The van der Waals surface area contributed by atoms with E-state index in [0.29, 0.717) is 25.6 Å². The van der Waals surface area contributed by atoms with E-state index in [9.17, 15) is 0 Å². The number of benzene rings is 1. The summed E-state index contributed by atoms with van der Waals surface area (Å²) in [7, 11) is 1.77. The van der Waals surface area contributed by atoms with Crippen LogP contribution in [0.4, 0.5) is 5.69 Å². The van der Waals surface area contributed by atoms with Crippen molar-refractivity contribution in [1.29, 1.82) is 0 Å². The molecule has 8 nitrogen and oxygen atoms in total. The van der Waals surface area contributed by atoms with Crippen molar-refractivity contribution in [3.8, 4) is 5.88 Å². The maximum atomic E-state index is 5.99. The van der Waals surface area contributed by atoms with Gasteiger partial charge < -0.3 is 25.0 Å². The van der Waals surface area contributed by atoms with E-state index >= 15 is 0 Å². The third-order valence-electron chi connectivity index (χ3n) is 5.16. The van der Waals surface area contributed by atoms with Crippen molar-refractivity contribution >= 4 is 17.9 Å². The van der Waals surface area contributed by atoms with E-state index in [-0.39, 0.29) is 0 Å². The Bertz CT molecular complexity index is 925. The molecule has 1 aromatic heterocycles. The Balaban J connectivity index is 1.64. The summed E-state index contributed by atoms with van der Waals surface area (Å²) < 4.78 is 11.5. The Morgan fingerprint density at radius 3 is 2.76 bits per heavy atom. The van der Waals surface area contributed by atoms with E-state index in [1.165, 1.54) is 5.56 Å². The number of pyridine rings is 1. The molecular weight excluding hydrogens is 416 g/mol. The number of aryl methyl sites for hydroxylation is 1. The van der Waals surface area contributed by atoms with Crippen LogP contribution in [0.25, 0.3) is 0 Å². The number of anilines is 1. The quantitative estimate of drug-likeness (QED) is 0.328. The van der Waals surface area contributed by atoms with Gasteiger partial charge in [-0.2, -0.15) is 0 Å². The summed E-state index contributed by atoms with van der Waals surface area (Å²) in [6, 6.07) is 12.4. The minimum Gasteiger partial charge on any atom is -0.476 e. The molecular formula is C25H36N6O2. The van der Waals surface area contributed by atoms with E-state index < -0.39 is 0 Å². The number of ether oxygens (including phenoxy) is 2. The SMILES string of the molecule is CCCNC(=NC)NCCOc1cc(N2CCOCC2)cc(CN=Cc2cccc(C)c2)n1. The molecule has 1 fully saturated rings. The molecule has 0 aliphatic carbocycles. The number of guanidine groups is 1. The molecule has 2 N–H and O–H groups in total. The number of aliphatic imine (C=N–C) groups is 2. The third-order valence-corrected chi connectivity index (χ3v) is 5.16. The van der Waals surface area contributed by atoms with E-state index in [0.717, 1.165) is 62.2 Å². The fourth-order valence-electron chi connectivity index (χ4n) is 3.49. The van der Waals surface area contributed by atoms with Gasteiger partial charge in [0.1, 0.15) is 6.61 Å². The lowest BCUT2D eigenvalue weighted by Crippen LogP contribution is -2.39. The van der Waals surface area contributed by atoms with Crippen LogP contribution < -0.4 is 20.3 Å². The van der Waals surface area contributed by atoms with Gasteiger partial charge in [-0.15, -0.1) is 0 Å². The summed E-state index contributed by atoms with van der Waals surface area (Å²) in [5.74, 6) is 1.39. The topological polar surface area (TPSA) is 83.4 Å². The number of nitrogens with one attached hydrogen (secondary N) is 2. The van der Waals surface area contributed by atoms with E-state index in [1.54, 1.807) is 7.05 Å². The summed E-state index contributed by atoms with van der Waals surface area (Å²) in [5, 5.41) is 6.51. The Labute approximate surface area is 197 Å². The highest BCUT2D eigenvalue weighted by Crippen LogP contribution is 2.23. The van der Waals surface area contributed by atoms with Crippen molar-refractivity contribution < 1.29 is 9.47 Å². The lowest BCUT2D eigenvalue weighted by Gasteiger charge is -2.29. The fraction of sp³-hybridized carbons (Fsp3) is 0.480. The Kier molecular flexibility index (Phi) is 9.97. The van der Waals surface area contributed by atoms with Gasteiger partial charge in [0.2, 0.25) is 5.88 Å². The van der Waals surface area contributed by atoms with Gasteiger partial charge in [0, 0.05) is 44.7 Å². The predicted octanol–water partition coefficient (Wildman–Crippen LogP) is 2.80. The van der Waals surface area contributed by atoms with Gasteiger partial charge in [0.05, 0.1) is 32.0 Å². The normalized spacial score (nSPS) is 14.5. The smallest absolute Gasteiger partial charge is 0.215 e. The van der Waals surface area contributed by atoms with Gasteiger partial charge >= 0.3 is 0 Å². The first kappa shape index (κ1) is 24.5. The van der Waals surface area contributed by atoms with Crippen LogP contribution in [0.3, 0.4) is 0 Å². The van der Waals surface area contributed by atoms with Crippen LogP contribution in [-0.2, 0) is 11.3 Å². The lowest BCUT2D eigenvalue weighted by atomic mass is 10.1. The second-order valence-corrected chi connectivity index (χ2v) is 7.91. The average Bonchev–Trinajstić information content (AvgIpc) is 2.84. The molecule has 2 heterocycles. The maximum Gasteiger partial charge on any atom is 0.215 e. The van der Waals surface area contributed by atoms with Crippen molar-refractivity contribution in [1.82, 2.24) is 15.6 Å². The zero-order valence-electron chi connectivity index (χ0n) is 20.0. The molecule has 2 aromatic rings. The number of aromatic nitrogens is 1. The standard InChI is InChI=1S/C25H36N6O2/c1-4-8-28-25(26-3)29-9-12-33-24-17-23(31-10-13-32-14-11-31)16-22(30-24)19-27-18-21-7-5-6-20(2)15-21/h5-7,15-18H,4,8-14,19H2,1-3H3,(H2,26,28,29). The minimum absolute atomic E-state index is 0.485. The molecule has 0 saturated carbocycles. The molecule has 0 spiro atoms. The van der Waals surface area contributed by atoms with Gasteiger partial charge in [0.25, 0.3) is 0 Å². The van der Waals surface area contributed by atoms with E-state index in [1.807, 2.05) is 18.3 Å². The molecule has 8 heteroatoms. The van der Waals surface area contributed by atoms with Gasteiger partial charge in [-0.3, -0.25) is 9.98 Å². The molecule has 3 rings (SSSR count). The van der Waals surface area contributed by atoms with E-state index in [4.69, 9.17) is 14.5 Å². The predicted molar refractivity (Wildman–Crippen MR) is 135 cm³/mol. The van der Waals surface area contributed by atoms with Crippen LogP contribution in [0.15, 0.2) is 46.4 Å². The first-order chi connectivity index (χ1) is 16.2. The molecule has 0 unspecified atom stereocenters. The number of hydrogen-bond acceptors (Lipinski definition) is 6. The second kappa shape index (κ2) is 13.4. The minimum atomic E-state index is 0.485. The molecule has 0 amide bonds. The first-order valence-electron chi connectivity index (χ1n) is 11.7. The Morgan fingerprint density at radius 2 is 2.00 bits per heavy atom. The van der Waals surface area contributed by atoms with Crippen LogP contribution in [0.5, 0.6) is 5.88 Å². The summed E-state index contributed by atoms with van der Waals surface area (Å²) >= 11 is 0. The van der Waals surface area contributed by atoms with Crippen molar-refractivity contribution in [2.24, 2.45) is 9.98 Å². The van der Waals surface area contributed by atoms with Gasteiger partial charge in [-0.1, -0.05) is 36.8 Å². The molecule has 1 aliphatic rings. The fourth-order valence-corrected chi connectivity index (χ4v) is 3.49. The summed E-state index contributed by atoms with van der Waals surface area (Å²) in [6.07, 6.45) is 2.94. The second-order valence-electron chi connectivity index (χ2n) is 7.91. The highest BCUT2D eigenvalue weighted by Gasteiger charge is 2.14. The summed E-state index contributed by atoms with van der Waals surface area (Å²) in [5.41, 5.74) is 4.28. The van der Waals surface area contributed by atoms with Crippen LogP contribution in [0.2, 0.25) is 0 Å². The number of morpholine rings is 1. The van der Waals surface area contributed by atoms with Crippen molar-refractivity contribution in [3.63, 3.8) is 0 Å². The van der Waals surface area contributed by atoms with Gasteiger partial charge in [0.15, 0.2) is 5.96 Å². The summed E-state index contributed by atoms with van der Waals surface area (Å²) in [6.45, 7) is 9.88. The molecule has 178 valence electrons. The third kappa shape index (κ3) is 8.38. The van der Waals surface area contributed by atoms with E-state index in [2.05, 4.69) is 63.6 Å². The molecule has 1 saturated heterocycles. The van der Waals surface area contributed by atoms with Crippen molar-refractivity contribution in [2.75, 3.05) is 57.9 Å². The van der Waals surface area contributed by atoms with Crippen LogP contribution in [0, 0.1) is 6.92 Å². The Morgan fingerprint density at radius 1 is 1.18 bits per heavy atom. The van der Waals surface area contributed by atoms with Crippen LogP contribution >= 0.6 is 0 Å². The molecule has 1 aliphatic heterocycles.